The van der Waals surface area contributed by atoms with Crippen LogP contribution in [0.1, 0.15) is 31.2 Å². The van der Waals surface area contributed by atoms with Gasteiger partial charge in [-0.05, 0) is 43.4 Å². The molecule has 1 aromatic carbocycles. The molecular weight excluding hydrogens is 339 g/mol. The molecule has 2 rings (SSSR count). The molecule has 1 aliphatic rings. The Labute approximate surface area is 143 Å². The summed E-state index contributed by atoms with van der Waals surface area (Å²) in [6.45, 7) is 0.159. The molecule has 1 aromatic rings. The van der Waals surface area contributed by atoms with E-state index in [4.69, 9.17) is 5.11 Å². The van der Waals surface area contributed by atoms with E-state index in [0.717, 1.165) is 0 Å². The summed E-state index contributed by atoms with van der Waals surface area (Å²) in [4.78, 5) is 24.9. The summed E-state index contributed by atoms with van der Waals surface area (Å²) >= 11 is 0. The van der Waals surface area contributed by atoms with Gasteiger partial charge in [0, 0.05) is 19.5 Å². The van der Waals surface area contributed by atoms with Crippen molar-refractivity contribution in [2.45, 2.75) is 38.6 Å². The minimum atomic E-state index is -4.76. The molecule has 0 aliphatic heterocycles. The summed E-state index contributed by atoms with van der Waals surface area (Å²) in [5.41, 5.74) is 0.525. The number of halogens is 3. The summed E-state index contributed by atoms with van der Waals surface area (Å²) in [7, 11) is 1.59. The van der Waals surface area contributed by atoms with Crippen LogP contribution in [0.5, 0.6) is 5.75 Å². The van der Waals surface area contributed by atoms with E-state index in [-0.39, 0.29) is 24.1 Å². The van der Waals surface area contributed by atoms with Gasteiger partial charge in [-0.25, -0.2) is 0 Å². The number of alkyl halides is 3. The number of carbonyl (C=O) groups is 2. The van der Waals surface area contributed by atoms with E-state index >= 15 is 0 Å². The van der Waals surface area contributed by atoms with Crippen molar-refractivity contribution < 1.29 is 32.6 Å². The number of hydrogen-bond donors (Lipinski definition) is 1. The quantitative estimate of drug-likeness (QED) is 0.875. The Bertz CT molecular complexity index is 625. The van der Waals surface area contributed by atoms with Crippen LogP contribution in [0.25, 0.3) is 0 Å². The van der Waals surface area contributed by atoms with Gasteiger partial charge < -0.3 is 14.7 Å². The first-order valence-corrected chi connectivity index (χ1v) is 7.98. The number of aliphatic carboxylic acids is 1. The van der Waals surface area contributed by atoms with Crippen molar-refractivity contribution in [1.29, 1.82) is 0 Å². The first kappa shape index (κ1) is 19.1. The van der Waals surface area contributed by atoms with E-state index in [1.165, 1.54) is 23.1 Å². The van der Waals surface area contributed by atoms with Crippen LogP contribution >= 0.6 is 0 Å². The predicted molar refractivity (Wildman–Crippen MR) is 82.7 cm³/mol. The maximum atomic E-state index is 12.5. The van der Waals surface area contributed by atoms with Crippen LogP contribution < -0.4 is 4.74 Å². The lowest BCUT2D eigenvalue weighted by Gasteiger charge is -2.29. The van der Waals surface area contributed by atoms with Gasteiger partial charge in [0.1, 0.15) is 5.75 Å². The number of hydrogen-bond acceptors (Lipinski definition) is 3. The van der Waals surface area contributed by atoms with Crippen LogP contribution in [-0.4, -0.2) is 35.3 Å². The third-order valence-electron chi connectivity index (χ3n) is 4.35. The molecule has 1 aliphatic carbocycles. The van der Waals surface area contributed by atoms with E-state index in [2.05, 4.69) is 4.74 Å². The fourth-order valence-electron chi connectivity index (χ4n) is 3.09. The molecule has 5 nitrogen and oxygen atoms in total. The summed E-state index contributed by atoms with van der Waals surface area (Å²) in [6.07, 6.45) is -2.80. The molecule has 1 N–H and O–H groups in total. The third kappa shape index (κ3) is 5.65. The lowest BCUT2D eigenvalue weighted by molar-refractivity contribution is -0.274. The maximum absolute atomic E-state index is 12.5. The third-order valence-corrected chi connectivity index (χ3v) is 4.35. The second-order valence-corrected chi connectivity index (χ2v) is 6.28. The van der Waals surface area contributed by atoms with Gasteiger partial charge in [-0.1, -0.05) is 12.1 Å². The molecule has 25 heavy (non-hydrogen) atoms. The highest BCUT2D eigenvalue weighted by molar-refractivity contribution is 5.79. The standard InChI is InChI=1S/C17H20F3NO4/c1-21(15(22)12-5-7-13(8-6-12)16(23)24)10-11-3-2-4-14(9-11)25-17(18,19)20/h2-4,9,12-13H,5-8,10H2,1H3,(H,23,24). The van der Waals surface area contributed by atoms with Gasteiger partial charge in [-0.2, -0.15) is 0 Å². The molecule has 0 aromatic heterocycles. The normalized spacial score (nSPS) is 20.8. The summed E-state index contributed by atoms with van der Waals surface area (Å²) in [6, 6.07) is 5.51. The van der Waals surface area contributed by atoms with E-state index < -0.39 is 18.2 Å². The zero-order valence-electron chi connectivity index (χ0n) is 13.8. The Kier molecular flexibility index (Phi) is 5.92. The van der Waals surface area contributed by atoms with Crippen LogP contribution in [-0.2, 0) is 16.1 Å². The number of amides is 1. The number of rotatable bonds is 5. The monoisotopic (exact) mass is 359 g/mol. The van der Waals surface area contributed by atoms with Gasteiger partial charge in [-0.15, -0.1) is 13.2 Å². The molecule has 1 saturated carbocycles. The van der Waals surface area contributed by atoms with Crippen LogP contribution in [0.15, 0.2) is 24.3 Å². The summed E-state index contributed by atoms with van der Waals surface area (Å²) in [5, 5.41) is 8.99. The predicted octanol–water partition coefficient (Wildman–Crippen LogP) is 3.43. The van der Waals surface area contributed by atoms with E-state index in [1.807, 2.05) is 0 Å². The van der Waals surface area contributed by atoms with Crippen molar-refractivity contribution >= 4 is 11.9 Å². The minimum Gasteiger partial charge on any atom is -0.481 e. The molecule has 0 spiro atoms. The topological polar surface area (TPSA) is 66.8 Å². The zero-order chi connectivity index (χ0) is 18.6. The average molecular weight is 359 g/mol. The van der Waals surface area contributed by atoms with E-state index in [0.29, 0.717) is 31.2 Å². The van der Waals surface area contributed by atoms with Gasteiger partial charge >= 0.3 is 12.3 Å². The molecule has 0 saturated heterocycles. The molecule has 0 unspecified atom stereocenters. The lowest BCUT2D eigenvalue weighted by Crippen LogP contribution is -2.35. The van der Waals surface area contributed by atoms with E-state index in [1.54, 1.807) is 13.1 Å². The largest absolute Gasteiger partial charge is 0.573 e. The van der Waals surface area contributed by atoms with Crippen LogP contribution in [0, 0.1) is 11.8 Å². The highest BCUT2D eigenvalue weighted by Gasteiger charge is 2.32. The average Bonchev–Trinajstić information content (AvgIpc) is 2.53. The second-order valence-electron chi connectivity index (χ2n) is 6.28. The number of ether oxygens (including phenoxy) is 1. The number of benzene rings is 1. The molecule has 0 bridgehead atoms. The van der Waals surface area contributed by atoms with Crippen LogP contribution in [0.3, 0.4) is 0 Å². The van der Waals surface area contributed by atoms with E-state index in [9.17, 15) is 22.8 Å². The molecule has 1 amide bonds. The van der Waals surface area contributed by atoms with Gasteiger partial charge in [0.05, 0.1) is 5.92 Å². The molecule has 0 atom stereocenters. The van der Waals surface area contributed by atoms with Gasteiger partial charge in [0.15, 0.2) is 0 Å². The number of carbonyl (C=O) groups excluding carboxylic acids is 1. The Balaban J connectivity index is 1.93. The van der Waals surface area contributed by atoms with Crippen molar-refractivity contribution in [1.82, 2.24) is 4.90 Å². The van der Waals surface area contributed by atoms with Gasteiger partial charge in [0.2, 0.25) is 5.91 Å². The zero-order valence-corrected chi connectivity index (χ0v) is 13.8. The highest BCUT2D eigenvalue weighted by atomic mass is 19.4. The Morgan fingerprint density at radius 3 is 2.36 bits per heavy atom. The van der Waals surface area contributed by atoms with Gasteiger partial charge in [-0.3, -0.25) is 9.59 Å². The molecule has 0 heterocycles. The van der Waals surface area contributed by atoms with Crippen molar-refractivity contribution in [3.05, 3.63) is 29.8 Å². The first-order chi connectivity index (χ1) is 11.7. The van der Waals surface area contributed by atoms with Crippen molar-refractivity contribution in [3.8, 4) is 5.75 Å². The number of carboxylic acid groups (broad SMARTS) is 1. The fraction of sp³-hybridized carbons (Fsp3) is 0.529. The number of carboxylic acids is 1. The number of nitrogens with zero attached hydrogens (tertiary/aromatic N) is 1. The highest BCUT2D eigenvalue weighted by Crippen LogP contribution is 2.30. The van der Waals surface area contributed by atoms with Crippen LogP contribution in [0.2, 0.25) is 0 Å². The van der Waals surface area contributed by atoms with Gasteiger partial charge in [0.25, 0.3) is 0 Å². The van der Waals surface area contributed by atoms with Crippen LogP contribution in [0.4, 0.5) is 13.2 Å². The Hall–Kier alpha value is -2.25. The molecule has 0 radical (unpaired) electrons. The second kappa shape index (κ2) is 7.76. The summed E-state index contributed by atoms with van der Waals surface area (Å²) in [5.74, 6) is -1.92. The lowest BCUT2D eigenvalue weighted by atomic mass is 9.81. The smallest absolute Gasteiger partial charge is 0.481 e. The van der Waals surface area contributed by atoms with Crippen molar-refractivity contribution in [2.75, 3.05) is 7.05 Å². The summed E-state index contributed by atoms with van der Waals surface area (Å²) < 4.78 is 40.7. The molecular formula is C17H20F3NO4. The Morgan fingerprint density at radius 2 is 1.80 bits per heavy atom. The first-order valence-electron chi connectivity index (χ1n) is 7.98. The fourth-order valence-corrected chi connectivity index (χ4v) is 3.09. The van der Waals surface area contributed by atoms with Crippen molar-refractivity contribution in [3.63, 3.8) is 0 Å². The Morgan fingerprint density at radius 1 is 1.20 bits per heavy atom. The van der Waals surface area contributed by atoms with Crippen molar-refractivity contribution in [2.24, 2.45) is 11.8 Å². The maximum Gasteiger partial charge on any atom is 0.573 e. The molecule has 8 heteroatoms. The molecule has 1 fully saturated rings. The minimum absolute atomic E-state index is 0.119. The SMILES string of the molecule is CN(Cc1cccc(OC(F)(F)F)c1)C(=O)C1CCC(C(=O)O)CC1. The molecule has 138 valence electrons.